The molecule has 0 aliphatic heterocycles. The minimum absolute atomic E-state index is 0.0629. The van der Waals surface area contributed by atoms with Gasteiger partial charge in [0.05, 0.1) is 37.5 Å². The molecule has 0 spiro atoms. The summed E-state index contributed by atoms with van der Waals surface area (Å²) in [4.78, 5) is 21.6. The van der Waals surface area contributed by atoms with Gasteiger partial charge in [-0.05, 0) is 11.6 Å². The van der Waals surface area contributed by atoms with Gasteiger partial charge >= 0.3 is 5.97 Å². The van der Waals surface area contributed by atoms with E-state index in [0.29, 0.717) is 16.9 Å². The molecule has 1 rings (SSSR count). The Balaban J connectivity index is 3.32. The Bertz CT molecular complexity index is 475. The number of nitrogens with zero attached hydrogens (tertiary/aromatic N) is 1. The summed E-state index contributed by atoms with van der Waals surface area (Å²) in [5.74, 6) is -0.259. The van der Waals surface area contributed by atoms with Crippen LogP contribution in [-0.4, -0.2) is 25.1 Å². The molecule has 0 unspecified atom stereocenters. The molecule has 0 heterocycles. The fraction of sp³-hybridized carbons (Fsp3) is 0.364. The molecule has 0 fully saturated rings. The molecule has 7 heteroatoms. The maximum atomic E-state index is 11.3. The predicted molar refractivity (Wildman–Crippen MR) is 64.9 cm³/mol. The number of carbonyl (C=O) groups excluding carboxylic acids is 1. The summed E-state index contributed by atoms with van der Waals surface area (Å²) in [5.41, 5.74) is 0.569. The Morgan fingerprint density at radius 2 is 2.11 bits per heavy atom. The molecule has 0 radical (unpaired) electrons. The van der Waals surface area contributed by atoms with E-state index in [1.165, 1.54) is 20.3 Å². The van der Waals surface area contributed by atoms with Gasteiger partial charge in [0.2, 0.25) is 0 Å². The molecular formula is C11H12ClNO5. The van der Waals surface area contributed by atoms with Crippen molar-refractivity contribution in [3.63, 3.8) is 0 Å². The summed E-state index contributed by atoms with van der Waals surface area (Å²) in [6.07, 6.45) is -0.0867. The second-order valence-electron chi connectivity index (χ2n) is 3.43. The lowest BCUT2D eigenvalue weighted by Crippen LogP contribution is -2.08. The third-order valence-electron chi connectivity index (χ3n) is 2.42. The van der Waals surface area contributed by atoms with Gasteiger partial charge in [0, 0.05) is 5.56 Å². The van der Waals surface area contributed by atoms with Gasteiger partial charge < -0.3 is 9.47 Å². The molecule has 0 saturated heterocycles. The zero-order chi connectivity index (χ0) is 13.7. The number of hydrogen-bond donors (Lipinski definition) is 0. The number of nitro benzene ring substituents is 1. The summed E-state index contributed by atoms with van der Waals surface area (Å²) in [5, 5.41) is 10.9. The first-order valence-corrected chi connectivity index (χ1v) is 5.53. The number of halogens is 1. The van der Waals surface area contributed by atoms with Crippen LogP contribution in [0.3, 0.4) is 0 Å². The van der Waals surface area contributed by atoms with Crippen LogP contribution in [0.5, 0.6) is 5.75 Å². The van der Waals surface area contributed by atoms with Gasteiger partial charge in [-0.2, -0.15) is 0 Å². The van der Waals surface area contributed by atoms with Crippen LogP contribution in [0.2, 0.25) is 0 Å². The highest BCUT2D eigenvalue weighted by atomic mass is 35.5. The van der Waals surface area contributed by atoms with Crippen molar-refractivity contribution in [3.8, 4) is 5.75 Å². The highest BCUT2D eigenvalue weighted by Gasteiger charge is 2.21. The zero-order valence-electron chi connectivity index (χ0n) is 9.94. The number of benzene rings is 1. The fourth-order valence-electron chi connectivity index (χ4n) is 1.51. The second kappa shape index (κ2) is 6.20. The number of carbonyl (C=O) groups is 1. The number of ether oxygens (including phenoxy) is 2. The second-order valence-corrected chi connectivity index (χ2v) is 3.70. The van der Waals surface area contributed by atoms with Gasteiger partial charge in [0.1, 0.15) is 5.75 Å². The van der Waals surface area contributed by atoms with Crippen LogP contribution in [0.15, 0.2) is 12.1 Å². The van der Waals surface area contributed by atoms with Gasteiger partial charge in [0.25, 0.3) is 5.69 Å². The Kier molecular flexibility index (Phi) is 4.91. The van der Waals surface area contributed by atoms with Crippen molar-refractivity contribution in [3.05, 3.63) is 33.4 Å². The molecule has 0 saturated carbocycles. The van der Waals surface area contributed by atoms with E-state index in [2.05, 4.69) is 4.74 Å². The lowest BCUT2D eigenvalue weighted by molar-refractivity contribution is -0.385. The van der Waals surface area contributed by atoms with E-state index in [9.17, 15) is 14.9 Å². The van der Waals surface area contributed by atoms with Crippen molar-refractivity contribution in [1.82, 2.24) is 0 Å². The normalized spacial score (nSPS) is 9.94. The van der Waals surface area contributed by atoms with Gasteiger partial charge in [-0.1, -0.05) is 0 Å². The quantitative estimate of drug-likeness (QED) is 0.355. The molecule has 0 aliphatic carbocycles. The Morgan fingerprint density at radius 1 is 1.44 bits per heavy atom. The monoisotopic (exact) mass is 273 g/mol. The molecule has 98 valence electrons. The number of hydrogen-bond acceptors (Lipinski definition) is 5. The van der Waals surface area contributed by atoms with E-state index < -0.39 is 10.9 Å². The first-order valence-electron chi connectivity index (χ1n) is 5.00. The average molecular weight is 274 g/mol. The average Bonchev–Trinajstić information content (AvgIpc) is 2.37. The topological polar surface area (TPSA) is 78.7 Å². The lowest BCUT2D eigenvalue weighted by atomic mass is 10.0. The van der Waals surface area contributed by atoms with E-state index >= 15 is 0 Å². The minimum atomic E-state index is -0.555. The van der Waals surface area contributed by atoms with Crippen LogP contribution in [-0.2, 0) is 21.8 Å². The number of methoxy groups -OCH3 is 2. The van der Waals surface area contributed by atoms with E-state index in [0.717, 1.165) is 0 Å². The first-order chi connectivity index (χ1) is 8.53. The molecule has 6 nitrogen and oxygen atoms in total. The van der Waals surface area contributed by atoms with Gasteiger partial charge in [-0.15, -0.1) is 11.6 Å². The minimum Gasteiger partial charge on any atom is -0.496 e. The summed E-state index contributed by atoms with van der Waals surface area (Å²) >= 11 is 5.71. The summed E-state index contributed by atoms with van der Waals surface area (Å²) in [7, 11) is 2.64. The zero-order valence-corrected chi connectivity index (χ0v) is 10.7. The van der Waals surface area contributed by atoms with Crippen LogP contribution in [0, 0.1) is 10.1 Å². The van der Waals surface area contributed by atoms with Crippen molar-refractivity contribution < 1.29 is 19.2 Å². The molecule has 0 aliphatic rings. The summed E-state index contributed by atoms with van der Waals surface area (Å²) < 4.78 is 9.50. The fourth-order valence-corrected chi connectivity index (χ4v) is 1.82. The SMILES string of the molecule is COC(=O)Cc1cc(OC)cc([N+](=O)[O-])c1CCl. The molecule has 18 heavy (non-hydrogen) atoms. The Hall–Kier alpha value is -1.82. The van der Waals surface area contributed by atoms with Crippen molar-refractivity contribution in [1.29, 1.82) is 0 Å². The van der Waals surface area contributed by atoms with Crippen molar-refractivity contribution >= 4 is 23.3 Å². The number of rotatable bonds is 5. The highest BCUT2D eigenvalue weighted by Crippen LogP contribution is 2.30. The molecule has 0 aromatic heterocycles. The standard InChI is InChI=1S/C11H12ClNO5/c1-17-8-3-7(4-11(14)18-2)9(6-12)10(5-8)13(15)16/h3,5H,4,6H2,1-2H3. The summed E-state index contributed by atoms with van der Waals surface area (Å²) in [6, 6.07) is 2.82. The molecule has 0 N–H and O–H groups in total. The van der Waals surface area contributed by atoms with Gasteiger partial charge in [-0.3, -0.25) is 14.9 Å². The predicted octanol–water partition coefficient (Wildman–Crippen LogP) is 2.06. The van der Waals surface area contributed by atoms with Gasteiger partial charge in [-0.25, -0.2) is 0 Å². The lowest BCUT2D eigenvalue weighted by Gasteiger charge is -2.09. The van der Waals surface area contributed by atoms with E-state index in [1.54, 1.807) is 6.07 Å². The third-order valence-corrected chi connectivity index (χ3v) is 2.69. The smallest absolute Gasteiger partial charge is 0.309 e. The molecule has 0 bridgehead atoms. The van der Waals surface area contributed by atoms with Gasteiger partial charge in [0.15, 0.2) is 0 Å². The summed E-state index contributed by atoms with van der Waals surface area (Å²) in [6.45, 7) is 0. The number of alkyl halides is 1. The van der Waals surface area contributed by atoms with E-state index in [1.807, 2.05) is 0 Å². The Labute approximate surface area is 109 Å². The maximum Gasteiger partial charge on any atom is 0.309 e. The van der Waals surface area contributed by atoms with Crippen molar-refractivity contribution in [2.24, 2.45) is 0 Å². The third kappa shape index (κ3) is 3.10. The van der Waals surface area contributed by atoms with Crippen LogP contribution in [0.4, 0.5) is 5.69 Å². The van der Waals surface area contributed by atoms with Crippen molar-refractivity contribution in [2.75, 3.05) is 14.2 Å². The molecule has 0 atom stereocenters. The van der Waals surface area contributed by atoms with E-state index in [-0.39, 0.29) is 18.0 Å². The van der Waals surface area contributed by atoms with E-state index in [4.69, 9.17) is 16.3 Å². The van der Waals surface area contributed by atoms with Crippen LogP contribution in [0.25, 0.3) is 0 Å². The molecule has 1 aromatic rings. The molecule has 0 amide bonds. The Morgan fingerprint density at radius 3 is 2.56 bits per heavy atom. The first kappa shape index (κ1) is 14.2. The maximum absolute atomic E-state index is 11.3. The largest absolute Gasteiger partial charge is 0.496 e. The molecule has 1 aromatic carbocycles. The van der Waals surface area contributed by atoms with Crippen LogP contribution < -0.4 is 4.74 Å². The number of nitro groups is 1. The van der Waals surface area contributed by atoms with Crippen LogP contribution >= 0.6 is 11.6 Å². The highest BCUT2D eigenvalue weighted by molar-refractivity contribution is 6.17. The van der Waals surface area contributed by atoms with Crippen molar-refractivity contribution in [2.45, 2.75) is 12.3 Å². The molecular weight excluding hydrogens is 262 g/mol. The van der Waals surface area contributed by atoms with Crippen LogP contribution in [0.1, 0.15) is 11.1 Å². The number of esters is 1.